The maximum atomic E-state index is 11.0. The van der Waals surface area contributed by atoms with Crippen LogP contribution in [-0.4, -0.2) is 16.6 Å². The van der Waals surface area contributed by atoms with E-state index in [9.17, 15) is 10.1 Å². The van der Waals surface area contributed by atoms with Gasteiger partial charge >= 0.3 is 0 Å². The summed E-state index contributed by atoms with van der Waals surface area (Å²) in [5.41, 5.74) is 19.9. The highest BCUT2D eigenvalue weighted by atomic mass is 32.2. The first kappa shape index (κ1) is 15.7. The molecular formula is C15H15N5OS. The Kier molecular flexibility index (Phi) is 4.53. The highest BCUT2D eigenvalue weighted by molar-refractivity contribution is 8.00. The molecule has 2 aromatic rings. The van der Waals surface area contributed by atoms with Gasteiger partial charge in [-0.2, -0.15) is 5.26 Å². The van der Waals surface area contributed by atoms with Crippen LogP contribution in [0.2, 0.25) is 0 Å². The summed E-state index contributed by atoms with van der Waals surface area (Å²) in [6.07, 6.45) is 0. The first-order chi connectivity index (χ1) is 10.4. The van der Waals surface area contributed by atoms with Gasteiger partial charge in [0.2, 0.25) is 5.91 Å². The highest BCUT2D eigenvalue weighted by Crippen LogP contribution is 2.37. The van der Waals surface area contributed by atoms with Gasteiger partial charge in [0.25, 0.3) is 0 Å². The van der Waals surface area contributed by atoms with Gasteiger partial charge < -0.3 is 17.2 Å². The number of hydrogen-bond acceptors (Lipinski definition) is 6. The average molecular weight is 313 g/mol. The van der Waals surface area contributed by atoms with E-state index in [1.807, 2.05) is 31.2 Å². The first-order valence-corrected chi connectivity index (χ1v) is 7.39. The topological polar surface area (TPSA) is 132 Å². The number of hydrogen-bond donors (Lipinski definition) is 3. The summed E-state index contributed by atoms with van der Waals surface area (Å²) in [6.45, 7) is 1.97. The number of benzene rings is 1. The van der Waals surface area contributed by atoms with Crippen molar-refractivity contribution in [3.05, 3.63) is 35.4 Å². The lowest BCUT2D eigenvalue weighted by Crippen LogP contribution is -2.14. The number of nitrogens with two attached hydrogens (primary N) is 3. The zero-order valence-corrected chi connectivity index (χ0v) is 12.8. The molecule has 1 aromatic carbocycles. The van der Waals surface area contributed by atoms with Gasteiger partial charge in [0.1, 0.15) is 16.9 Å². The van der Waals surface area contributed by atoms with Crippen molar-refractivity contribution in [2.24, 2.45) is 5.73 Å². The van der Waals surface area contributed by atoms with Gasteiger partial charge in [-0.3, -0.25) is 4.79 Å². The lowest BCUT2D eigenvalue weighted by molar-refractivity contribution is -0.115. The molecule has 112 valence electrons. The predicted molar refractivity (Wildman–Crippen MR) is 87.9 cm³/mol. The number of aromatic nitrogens is 1. The number of pyridine rings is 1. The Hall–Kier alpha value is -2.72. The molecule has 6 N–H and O–H groups in total. The van der Waals surface area contributed by atoms with Crippen LogP contribution in [0.25, 0.3) is 11.1 Å². The molecule has 0 saturated heterocycles. The molecule has 0 unspecified atom stereocenters. The summed E-state index contributed by atoms with van der Waals surface area (Å²) in [5.74, 6) is -0.359. The van der Waals surface area contributed by atoms with Gasteiger partial charge in [-0.1, -0.05) is 41.6 Å². The van der Waals surface area contributed by atoms with Crippen LogP contribution in [0, 0.1) is 18.3 Å². The van der Waals surface area contributed by atoms with Crippen molar-refractivity contribution >= 4 is 29.2 Å². The molecule has 0 atom stereocenters. The molecule has 0 bridgehead atoms. The molecule has 0 saturated carbocycles. The van der Waals surface area contributed by atoms with E-state index in [1.54, 1.807) is 0 Å². The lowest BCUT2D eigenvalue weighted by atomic mass is 9.99. The fourth-order valence-corrected chi connectivity index (χ4v) is 2.70. The number of nitriles is 1. The summed E-state index contributed by atoms with van der Waals surface area (Å²) in [5, 5.41) is 9.83. The fourth-order valence-electron chi connectivity index (χ4n) is 1.96. The summed E-state index contributed by atoms with van der Waals surface area (Å²) < 4.78 is 0. The third kappa shape index (κ3) is 3.13. The number of carbonyl (C=O) groups excluding carboxylic acids is 1. The molecule has 6 nitrogen and oxygen atoms in total. The number of thioether (sulfide) groups is 1. The maximum absolute atomic E-state index is 11.0. The average Bonchev–Trinajstić information content (AvgIpc) is 2.48. The zero-order valence-electron chi connectivity index (χ0n) is 12.0. The van der Waals surface area contributed by atoms with Crippen LogP contribution in [0.4, 0.5) is 11.5 Å². The van der Waals surface area contributed by atoms with Crippen LogP contribution in [0.15, 0.2) is 29.3 Å². The molecule has 1 heterocycles. The van der Waals surface area contributed by atoms with E-state index >= 15 is 0 Å². The number of primary amides is 1. The number of anilines is 2. The SMILES string of the molecule is Cc1ccc(-c2c(N)c(N)nc(SCC(N)=O)c2C#N)cc1. The third-order valence-electron chi connectivity index (χ3n) is 3.03. The third-order valence-corrected chi connectivity index (χ3v) is 4.03. The van der Waals surface area contributed by atoms with Crippen LogP contribution in [0.3, 0.4) is 0 Å². The van der Waals surface area contributed by atoms with Gasteiger partial charge in [-0.25, -0.2) is 4.98 Å². The van der Waals surface area contributed by atoms with E-state index in [2.05, 4.69) is 11.1 Å². The van der Waals surface area contributed by atoms with Crippen LogP contribution < -0.4 is 17.2 Å². The van der Waals surface area contributed by atoms with Gasteiger partial charge in [-0.05, 0) is 12.5 Å². The molecule has 2 rings (SSSR count). The minimum atomic E-state index is -0.497. The second kappa shape index (κ2) is 6.37. The quantitative estimate of drug-likeness (QED) is 0.735. The molecule has 1 aromatic heterocycles. The number of carbonyl (C=O) groups is 1. The van der Waals surface area contributed by atoms with E-state index in [1.165, 1.54) is 0 Å². The largest absolute Gasteiger partial charge is 0.395 e. The number of aryl methyl sites for hydroxylation is 1. The first-order valence-electron chi connectivity index (χ1n) is 6.41. The van der Waals surface area contributed by atoms with Crippen molar-refractivity contribution in [2.75, 3.05) is 17.2 Å². The number of amides is 1. The molecule has 0 radical (unpaired) electrons. The van der Waals surface area contributed by atoms with Gasteiger partial charge in [-0.15, -0.1) is 0 Å². The van der Waals surface area contributed by atoms with Gasteiger partial charge in [0, 0.05) is 5.56 Å². The molecule has 0 aliphatic rings. The molecule has 0 aliphatic heterocycles. The fraction of sp³-hybridized carbons (Fsp3) is 0.133. The Morgan fingerprint density at radius 1 is 1.32 bits per heavy atom. The molecular weight excluding hydrogens is 298 g/mol. The van der Waals surface area contributed by atoms with Crippen LogP contribution in [0.5, 0.6) is 0 Å². The molecule has 1 amide bonds. The van der Waals surface area contributed by atoms with Crippen molar-refractivity contribution in [3.8, 4) is 17.2 Å². The molecule has 7 heteroatoms. The van der Waals surface area contributed by atoms with E-state index in [-0.39, 0.29) is 17.3 Å². The molecule has 0 fully saturated rings. The van der Waals surface area contributed by atoms with Crippen LogP contribution in [0.1, 0.15) is 11.1 Å². The molecule has 22 heavy (non-hydrogen) atoms. The van der Waals surface area contributed by atoms with E-state index < -0.39 is 5.91 Å². The van der Waals surface area contributed by atoms with Crippen molar-refractivity contribution in [1.29, 1.82) is 5.26 Å². The van der Waals surface area contributed by atoms with E-state index in [4.69, 9.17) is 17.2 Å². The predicted octanol–water partition coefficient (Wildman–Crippen LogP) is 1.67. The Morgan fingerprint density at radius 3 is 2.50 bits per heavy atom. The monoisotopic (exact) mass is 313 g/mol. The van der Waals surface area contributed by atoms with Crippen molar-refractivity contribution in [1.82, 2.24) is 4.98 Å². The minimum absolute atomic E-state index is 0.0123. The molecule has 0 spiro atoms. The number of nitrogen functional groups attached to an aromatic ring is 2. The summed E-state index contributed by atoms with van der Waals surface area (Å²) in [7, 11) is 0. The lowest BCUT2D eigenvalue weighted by Gasteiger charge is -2.13. The Labute approximate surface area is 132 Å². The smallest absolute Gasteiger partial charge is 0.227 e. The van der Waals surface area contributed by atoms with E-state index in [0.717, 1.165) is 22.9 Å². The number of nitrogens with zero attached hydrogens (tertiary/aromatic N) is 2. The second-order valence-electron chi connectivity index (χ2n) is 4.70. The normalized spacial score (nSPS) is 10.2. The maximum Gasteiger partial charge on any atom is 0.227 e. The zero-order chi connectivity index (χ0) is 16.3. The molecule has 0 aliphatic carbocycles. The second-order valence-corrected chi connectivity index (χ2v) is 5.66. The summed E-state index contributed by atoms with van der Waals surface area (Å²) in [6, 6.07) is 9.67. The Balaban J connectivity index is 2.63. The Morgan fingerprint density at radius 2 is 1.95 bits per heavy atom. The van der Waals surface area contributed by atoms with Crippen molar-refractivity contribution in [2.45, 2.75) is 11.9 Å². The minimum Gasteiger partial charge on any atom is -0.395 e. The van der Waals surface area contributed by atoms with Crippen LogP contribution in [-0.2, 0) is 4.79 Å². The standard InChI is InChI=1S/C15H15N5OS/c1-8-2-4-9(5-3-8)12-10(6-16)15(22-7-11(17)21)20-14(19)13(12)18/h2-5H,7,18H2,1H3,(H2,17,21)(H2,19,20). The van der Waals surface area contributed by atoms with Gasteiger partial charge in [0.15, 0.2) is 0 Å². The Bertz CT molecular complexity index is 765. The van der Waals surface area contributed by atoms with Crippen LogP contribution >= 0.6 is 11.8 Å². The highest BCUT2D eigenvalue weighted by Gasteiger charge is 2.19. The summed E-state index contributed by atoms with van der Waals surface area (Å²) in [4.78, 5) is 15.1. The number of rotatable bonds is 4. The van der Waals surface area contributed by atoms with E-state index in [0.29, 0.717) is 16.2 Å². The summed E-state index contributed by atoms with van der Waals surface area (Å²) >= 11 is 1.07. The van der Waals surface area contributed by atoms with Gasteiger partial charge in [0.05, 0.1) is 17.0 Å². The van der Waals surface area contributed by atoms with Crippen molar-refractivity contribution in [3.63, 3.8) is 0 Å². The van der Waals surface area contributed by atoms with Crippen molar-refractivity contribution < 1.29 is 4.79 Å².